The Morgan fingerprint density at radius 1 is 1.12 bits per heavy atom. The van der Waals surface area contributed by atoms with Gasteiger partial charge in [-0.3, -0.25) is 9.59 Å². The first-order chi connectivity index (χ1) is 16.1. The highest BCUT2D eigenvalue weighted by molar-refractivity contribution is 5.95. The molecule has 1 aliphatic rings. The number of halogens is 3. The standard InChI is InChI=1S/C24H25F3N4O3/c1-15(2)22(32)29-17-3-5-20-16(13-17)7-12-31(20)21-6-4-19(14-28-21)34-18-8-10-30(11-9-18)23(33)24(25,26)27/h3-7,12-15,18H,8-11H2,1-2H3,(H,29,32). The third-order valence-electron chi connectivity index (χ3n) is 5.72. The summed E-state index contributed by atoms with van der Waals surface area (Å²) in [5, 5.41) is 3.84. The van der Waals surface area contributed by atoms with E-state index in [1.165, 1.54) is 0 Å². The maximum Gasteiger partial charge on any atom is 0.471 e. The van der Waals surface area contributed by atoms with E-state index in [1.807, 2.05) is 48.9 Å². The maximum atomic E-state index is 12.6. The molecule has 1 saturated heterocycles. The number of fused-ring (bicyclic) bond motifs is 1. The van der Waals surface area contributed by atoms with Crippen LogP contribution in [0.3, 0.4) is 0 Å². The second-order valence-electron chi connectivity index (χ2n) is 8.56. The molecule has 1 fully saturated rings. The van der Waals surface area contributed by atoms with Crippen LogP contribution in [0.1, 0.15) is 26.7 Å². The molecule has 3 heterocycles. The number of nitrogens with one attached hydrogen (secondary N) is 1. The van der Waals surface area contributed by atoms with E-state index in [4.69, 9.17) is 4.74 Å². The number of hydrogen-bond donors (Lipinski definition) is 1. The fraction of sp³-hybridized carbons (Fsp3) is 0.375. The van der Waals surface area contributed by atoms with Gasteiger partial charge in [0, 0.05) is 49.1 Å². The van der Waals surface area contributed by atoms with Crippen molar-refractivity contribution in [2.24, 2.45) is 5.92 Å². The quantitative estimate of drug-likeness (QED) is 0.589. The second-order valence-corrected chi connectivity index (χ2v) is 8.56. The molecule has 0 aliphatic carbocycles. The molecule has 0 bridgehead atoms. The molecule has 2 aromatic heterocycles. The van der Waals surface area contributed by atoms with Crippen LogP contribution < -0.4 is 10.1 Å². The van der Waals surface area contributed by atoms with Crippen LogP contribution in [0.15, 0.2) is 48.8 Å². The zero-order valence-corrected chi connectivity index (χ0v) is 18.8. The minimum atomic E-state index is -4.85. The first kappa shape index (κ1) is 23.6. The van der Waals surface area contributed by atoms with Crippen molar-refractivity contribution < 1.29 is 27.5 Å². The fourth-order valence-electron chi connectivity index (χ4n) is 3.84. The highest BCUT2D eigenvalue weighted by atomic mass is 19.4. The van der Waals surface area contributed by atoms with Crippen molar-refractivity contribution in [1.82, 2.24) is 14.5 Å². The predicted octanol–water partition coefficient (Wildman–Crippen LogP) is 4.55. The van der Waals surface area contributed by atoms with Gasteiger partial charge in [0.1, 0.15) is 17.7 Å². The molecule has 0 spiro atoms. The molecular formula is C24H25F3N4O3. The number of anilines is 1. The largest absolute Gasteiger partial charge is 0.489 e. The number of benzene rings is 1. The molecule has 1 aliphatic heterocycles. The van der Waals surface area contributed by atoms with Gasteiger partial charge in [-0.1, -0.05) is 13.8 Å². The summed E-state index contributed by atoms with van der Waals surface area (Å²) < 4.78 is 45.5. The van der Waals surface area contributed by atoms with Gasteiger partial charge in [-0.15, -0.1) is 0 Å². The average Bonchev–Trinajstić information content (AvgIpc) is 3.22. The molecule has 0 unspecified atom stereocenters. The third kappa shape index (κ3) is 5.16. The summed E-state index contributed by atoms with van der Waals surface area (Å²) in [6.07, 6.45) is -1.03. The number of likely N-dealkylation sites (tertiary alicyclic amines) is 1. The monoisotopic (exact) mass is 474 g/mol. The minimum absolute atomic E-state index is 0.00346. The molecule has 180 valence electrons. The van der Waals surface area contributed by atoms with E-state index >= 15 is 0 Å². The van der Waals surface area contributed by atoms with Crippen LogP contribution in [-0.2, 0) is 9.59 Å². The number of rotatable bonds is 5. The average molecular weight is 474 g/mol. The van der Waals surface area contributed by atoms with Crippen LogP contribution >= 0.6 is 0 Å². The summed E-state index contributed by atoms with van der Waals surface area (Å²) >= 11 is 0. The Balaban J connectivity index is 1.39. The fourth-order valence-corrected chi connectivity index (χ4v) is 3.84. The van der Waals surface area contributed by atoms with Gasteiger partial charge >= 0.3 is 12.1 Å². The van der Waals surface area contributed by atoms with Crippen molar-refractivity contribution in [3.05, 3.63) is 48.8 Å². The molecule has 34 heavy (non-hydrogen) atoms. The molecule has 10 heteroatoms. The van der Waals surface area contributed by atoms with Crippen molar-refractivity contribution in [2.45, 2.75) is 39.0 Å². The second kappa shape index (κ2) is 9.36. The highest BCUT2D eigenvalue weighted by Gasteiger charge is 2.43. The minimum Gasteiger partial charge on any atom is -0.489 e. The predicted molar refractivity (Wildman–Crippen MR) is 121 cm³/mol. The number of carbonyl (C=O) groups is 2. The van der Waals surface area contributed by atoms with Crippen molar-refractivity contribution in [2.75, 3.05) is 18.4 Å². The van der Waals surface area contributed by atoms with E-state index in [0.29, 0.717) is 24.4 Å². The van der Waals surface area contributed by atoms with Gasteiger partial charge in [-0.05, 0) is 36.4 Å². The lowest BCUT2D eigenvalue weighted by atomic mass is 10.1. The lowest BCUT2D eigenvalue weighted by Crippen LogP contribution is -2.47. The summed E-state index contributed by atoms with van der Waals surface area (Å²) in [4.78, 5) is 28.6. The summed E-state index contributed by atoms with van der Waals surface area (Å²) in [7, 11) is 0. The molecule has 0 atom stereocenters. The zero-order chi connectivity index (χ0) is 24.5. The lowest BCUT2D eigenvalue weighted by Gasteiger charge is -2.32. The van der Waals surface area contributed by atoms with Crippen LogP contribution in [0.5, 0.6) is 5.75 Å². The summed E-state index contributed by atoms with van der Waals surface area (Å²) in [6, 6.07) is 11.1. The molecule has 0 radical (unpaired) electrons. The van der Waals surface area contributed by atoms with Gasteiger partial charge in [-0.25, -0.2) is 4.98 Å². The molecule has 2 amide bonds. The van der Waals surface area contributed by atoms with E-state index in [2.05, 4.69) is 10.3 Å². The van der Waals surface area contributed by atoms with Gasteiger partial charge in [0.2, 0.25) is 5.91 Å². The number of amides is 2. The molecule has 1 aromatic carbocycles. The van der Waals surface area contributed by atoms with E-state index in [-0.39, 0.29) is 31.0 Å². The van der Waals surface area contributed by atoms with Gasteiger partial charge < -0.3 is 19.5 Å². The van der Waals surface area contributed by atoms with Crippen LogP contribution in [0, 0.1) is 5.92 Å². The van der Waals surface area contributed by atoms with E-state index in [1.54, 1.807) is 18.3 Å². The first-order valence-corrected chi connectivity index (χ1v) is 11.0. The number of piperidine rings is 1. The van der Waals surface area contributed by atoms with Gasteiger partial charge in [-0.2, -0.15) is 13.2 Å². The number of ether oxygens (including phenoxy) is 1. The number of aromatic nitrogens is 2. The number of carbonyl (C=O) groups excluding carboxylic acids is 2. The van der Waals surface area contributed by atoms with E-state index in [0.717, 1.165) is 21.5 Å². The molecular weight excluding hydrogens is 449 g/mol. The van der Waals surface area contributed by atoms with Crippen LogP contribution in [0.2, 0.25) is 0 Å². The number of pyridine rings is 1. The van der Waals surface area contributed by atoms with Crippen LogP contribution in [0.25, 0.3) is 16.7 Å². The Hall–Kier alpha value is -3.56. The van der Waals surface area contributed by atoms with Gasteiger partial charge in [0.15, 0.2) is 0 Å². The summed E-state index contributed by atoms with van der Waals surface area (Å²) in [5.74, 6) is -0.773. The Morgan fingerprint density at radius 3 is 2.47 bits per heavy atom. The lowest BCUT2D eigenvalue weighted by molar-refractivity contribution is -0.187. The first-order valence-electron chi connectivity index (χ1n) is 11.0. The van der Waals surface area contributed by atoms with Crippen LogP contribution in [-0.4, -0.2) is 51.6 Å². The number of nitrogens with zero attached hydrogens (tertiary/aromatic N) is 3. The third-order valence-corrected chi connectivity index (χ3v) is 5.72. The summed E-state index contributed by atoms with van der Waals surface area (Å²) in [5.41, 5.74) is 1.65. The van der Waals surface area contributed by atoms with Crippen molar-refractivity contribution in [3.8, 4) is 11.6 Å². The Morgan fingerprint density at radius 2 is 1.85 bits per heavy atom. The van der Waals surface area contributed by atoms with Crippen molar-refractivity contribution in [1.29, 1.82) is 0 Å². The molecule has 3 aromatic rings. The van der Waals surface area contributed by atoms with Crippen molar-refractivity contribution >= 4 is 28.4 Å². The Kier molecular flexibility index (Phi) is 6.49. The van der Waals surface area contributed by atoms with Crippen molar-refractivity contribution in [3.63, 3.8) is 0 Å². The SMILES string of the molecule is CC(C)C(=O)Nc1ccc2c(ccn2-c2ccc(OC3CCN(C(=O)C(F)(F)F)CC3)cn2)c1. The van der Waals surface area contributed by atoms with Gasteiger partial charge in [0.25, 0.3) is 0 Å². The van der Waals surface area contributed by atoms with Gasteiger partial charge in [0.05, 0.1) is 11.7 Å². The molecule has 4 rings (SSSR count). The molecule has 1 N–H and O–H groups in total. The molecule has 0 saturated carbocycles. The van der Waals surface area contributed by atoms with E-state index < -0.39 is 12.1 Å². The Labute approximate surface area is 194 Å². The Bertz CT molecular complexity index is 1180. The summed E-state index contributed by atoms with van der Waals surface area (Å²) in [6.45, 7) is 3.68. The van der Waals surface area contributed by atoms with Crippen LogP contribution in [0.4, 0.5) is 18.9 Å². The maximum absolute atomic E-state index is 12.6. The smallest absolute Gasteiger partial charge is 0.471 e. The zero-order valence-electron chi connectivity index (χ0n) is 18.8. The molecule has 7 nitrogen and oxygen atoms in total. The van der Waals surface area contributed by atoms with E-state index in [9.17, 15) is 22.8 Å². The number of alkyl halides is 3. The topological polar surface area (TPSA) is 76.5 Å². The number of hydrogen-bond acceptors (Lipinski definition) is 4. The highest BCUT2D eigenvalue weighted by Crippen LogP contribution is 2.26. The normalized spacial score (nSPS) is 15.1.